The summed E-state index contributed by atoms with van der Waals surface area (Å²) < 4.78 is 0. The number of carbonyl (C=O) groups is 2. The van der Waals surface area contributed by atoms with Gasteiger partial charge in [0.2, 0.25) is 5.91 Å². The first kappa shape index (κ1) is 16.3. The highest BCUT2D eigenvalue weighted by molar-refractivity contribution is 7.12. The average molecular weight is 336 g/mol. The molecule has 0 unspecified atom stereocenters. The number of nitrogens with two attached hydrogens (primary N) is 1. The van der Waals surface area contributed by atoms with Gasteiger partial charge in [0, 0.05) is 39.3 Å². The first-order valence-corrected chi connectivity index (χ1v) is 9.15. The molecule has 0 spiro atoms. The Bertz CT molecular complexity index is 560. The minimum absolute atomic E-state index is 0.0134. The van der Waals surface area contributed by atoms with E-state index in [4.69, 9.17) is 5.73 Å². The predicted molar refractivity (Wildman–Crippen MR) is 91.5 cm³/mol. The molecule has 3 rings (SSSR count). The monoisotopic (exact) mass is 336 g/mol. The van der Waals surface area contributed by atoms with Crippen LogP contribution in [0.15, 0.2) is 11.4 Å². The minimum Gasteiger partial charge on any atom is -0.397 e. The number of piperazine rings is 1. The number of nitrogen functional groups attached to an aromatic ring is 1. The highest BCUT2D eigenvalue weighted by Crippen LogP contribution is 2.21. The van der Waals surface area contributed by atoms with Gasteiger partial charge in [-0.3, -0.25) is 14.5 Å². The average Bonchev–Trinajstić information content (AvgIpc) is 3.02. The largest absolute Gasteiger partial charge is 0.397 e. The van der Waals surface area contributed by atoms with Crippen molar-refractivity contribution in [1.82, 2.24) is 14.7 Å². The van der Waals surface area contributed by atoms with Crippen molar-refractivity contribution in [2.75, 3.05) is 51.5 Å². The molecule has 23 heavy (non-hydrogen) atoms. The lowest BCUT2D eigenvalue weighted by atomic mass is 10.1. The summed E-state index contributed by atoms with van der Waals surface area (Å²) in [6.45, 7) is 5.08. The summed E-state index contributed by atoms with van der Waals surface area (Å²) in [5, 5.41) is 1.84. The van der Waals surface area contributed by atoms with Crippen molar-refractivity contribution in [1.29, 1.82) is 0 Å². The van der Waals surface area contributed by atoms with Crippen LogP contribution in [0.4, 0.5) is 5.69 Å². The van der Waals surface area contributed by atoms with Gasteiger partial charge in [-0.2, -0.15) is 0 Å². The number of rotatable bonds is 3. The van der Waals surface area contributed by atoms with Crippen molar-refractivity contribution >= 4 is 28.8 Å². The molecular formula is C16H24N4O2S. The molecule has 1 aromatic rings. The Morgan fingerprint density at radius 1 is 1.00 bits per heavy atom. The highest BCUT2D eigenvalue weighted by atomic mass is 32.1. The molecule has 2 N–H and O–H groups in total. The minimum atomic E-state index is 0.0134. The zero-order valence-electron chi connectivity index (χ0n) is 13.4. The van der Waals surface area contributed by atoms with E-state index in [-0.39, 0.29) is 11.8 Å². The Balaban J connectivity index is 1.47. The second-order valence-corrected chi connectivity index (χ2v) is 7.13. The molecule has 2 amide bonds. The fourth-order valence-electron chi connectivity index (χ4n) is 3.18. The molecule has 126 valence electrons. The van der Waals surface area contributed by atoms with Crippen LogP contribution in [0.3, 0.4) is 0 Å². The van der Waals surface area contributed by atoms with Crippen molar-refractivity contribution in [3.63, 3.8) is 0 Å². The van der Waals surface area contributed by atoms with Gasteiger partial charge in [0.25, 0.3) is 5.91 Å². The number of piperidine rings is 1. The maximum atomic E-state index is 12.4. The molecule has 2 saturated heterocycles. The Kier molecular flexibility index (Phi) is 5.17. The first-order valence-electron chi connectivity index (χ1n) is 8.27. The van der Waals surface area contributed by atoms with E-state index >= 15 is 0 Å². The number of carbonyl (C=O) groups excluding carboxylic acids is 2. The van der Waals surface area contributed by atoms with Crippen LogP contribution < -0.4 is 5.73 Å². The van der Waals surface area contributed by atoms with E-state index in [2.05, 4.69) is 4.90 Å². The Hall–Kier alpha value is -1.60. The van der Waals surface area contributed by atoms with E-state index in [0.717, 1.165) is 39.0 Å². The number of amides is 2. The maximum absolute atomic E-state index is 12.4. The molecule has 1 aromatic heterocycles. The van der Waals surface area contributed by atoms with E-state index in [9.17, 15) is 9.59 Å². The number of nitrogens with zero attached hydrogens (tertiary/aromatic N) is 3. The number of anilines is 1. The van der Waals surface area contributed by atoms with Gasteiger partial charge in [-0.15, -0.1) is 11.3 Å². The van der Waals surface area contributed by atoms with Gasteiger partial charge in [0.05, 0.1) is 12.2 Å². The summed E-state index contributed by atoms with van der Waals surface area (Å²) in [6.07, 6.45) is 3.48. The summed E-state index contributed by atoms with van der Waals surface area (Å²) in [5.74, 6) is 0.242. The van der Waals surface area contributed by atoms with Gasteiger partial charge in [-0.05, 0) is 30.7 Å². The molecule has 0 atom stereocenters. The highest BCUT2D eigenvalue weighted by Gasteiger charge is 2.26. The molecule has 0 aromatic carbocycles. The normalized spacial score (nSPS) is 19.8. The van der Waals surface area contributed by atoms with E-state index in [1.54, 1.807) is 6.07 Å². The summed E-state index contributed by atoms with van der Waals surface area (Å²) in [5.41, 5.74) is 6.38. The van der Waals surface area contributed by atoms with Crippen LogP contribution >= 0.6 is 11.3 Å². The zero-order chi connectivity index (χ0) is 16.2. The van der Waals surface area contributed by atoms with Crippen molar-refractivity contribution in [3.8, 4) is 0 Å². The van der Waals surface area contributed by atoms with Gasteiger partial charge in [-0.1, -0.05) is 0 Å². The Morgan fingerprint density at radius 3 is 2.30 bits per heavy atom. The Morgan fingerprint density at radius 2 is 1.70 bits per heavy atom. The molecule has 0 radical (unpaired) electrons. The molecule has 0 bridgehead atoms. The van der Waals surface area contributed by atoms with Crippen LogP contribution in [-0.4, -0.2) is 72.3 Å². The summed E-state index contributed by atoms with van der Waals surface area (Å²) >= 11 is 1.39. The van der Waals surface area contributed by atoms with Crippen LogP contribution in [0.1, 0.15) is 28.9 Å². The second-order valence-electron chi connectivity index (χ2n) is 6.21. The molecule has 0 aliphatic carbocycles. The molecule has 2 aliphatic heterocycles. The number of thiophene rings is 1. The molecule has 6 nitrogen and oxygen atoms in total. The molecule has 3 heterocycles. The Labute approximate surface area is 140 Å². The summed E-state index contributed by atoms with van der Waals surface area (Å²) in [7, 11) is 0. The smallest absolute Gasteiger partial charge is 0.266 e. The summed E-state index contributed by atoms with van der Waals surface area (Å²) in [4.78, 5) is 31.3. The lowest BCUT2D eigenvalue weighted by Gasteiger charge is -2.36. The number of hydrogen-bond donors (Lipinski definition) is 1. The van der Waals surface area contributed by atoms with E-state index in [1.165, 1.54) is 17.8 Å². The van der Waals surface area contributed by atoms with Crippen molar-refractivity contribution in [2.24, 2.45) is 0 Å². The van der Waals surface area contributed by atoms with Crippen LogP contribution in [0.5, 0.6) is 0 Å². The van der Waals surface area contributed by atoms with Gasteiger partial charge < -0.3 is 15.5 Å². The fourth-order valence-corrected chi connectivity index (χ4v) is 3.97. The van der Waals surface area contributed by atoms with Crippen LogP contribution in [0, 0.1) is 0 Å². The van der Waals surface area contributed by atoms with E-state index < -0.39 is 0 Å². The van der Waals surface area contributed by atoms with Gasteiger partial charge >= 0.3 is 0 Å². The molecular weight excluding hydrogens is 312 g/mol. The summed E-state index contributed by atoms with van der Waals surface area (Å²) in [6, 6.07) is 1.77. The third kappa shape index (κ3) is 3.84. The quantitative estimate of drug-likeness (QED) is 0.897. The van der Waals surface area contributed by atoms with Gasteiger partial charge in [0.15, 0.2) is 0 Å². The lowest BCUT2D eigenvalue weighted by Crippen LogP contribution is -2.52. The molecule has 0 saturated carbocycles. The third-order valence-corrected chi connectivity index (χ3v) is 5.54. The number of hydrogen-bond acceptors (Lipinski definition) is 5. The molecule has 2 fully saturated rings. The van der Waals surface area contributed by atoms with E-state index in [0.29, 0.717) is 30.2 Å². The molecule has 2 aliphatic rings. The van der Waals surface area contributed by atoms with Crippen LogP contribution in [0.25, 0.3) is 0 Å². The zero-order valence-corrected chi connectivity index (χ0v) is 14.2. The van der Waals surface area contributed by atoms with Crippen molar-refractivity contribution in [2.45, 2.75) is 19.3 Å². The maximum Gasteiger partial charge on any atom is 0.266 e. The van der Waals surface area contributed by atoms with Crippen molar-refractivity contribution < 1.29 is 9.59 Å². The topological polar surface area (TPSA) is 69.9 Å². The second kappa shape index (κ2) is 7.31. The van der Waals surface area contributed by atoms with Crippen molar-refractivity contribution in [3.05, 3.63) is 16.3 Å². The van der Waals surface area contributed by atoms with Crippen LogP contribution in [0.2, 0.25) is 0 Å². The predicted octanol–water partition coefficient (Wildman–Crippen LogP) is 1.10. The fraction of sp³-hybridized carbons (Fsp3) is 0.625. The van der Waals surface area contributed by atoms with E-state index in [1.807, 2.05) is 15.2 Å². The number of likely N-dealkylation sites (tertiary alicyclic amines) is 1. The van der Waals surface area contributed by atoms with Crippen LogP contribution in [-0.2, 0) is 4.79 Å². The van der Waals surface area contributed by atoms with Gasteiger partial charge in [0.1, 0.15) is 4.88 Å². The standard InChI is InChI=1S/C16H24N4O2S/c17-13-4-11-23-15(13)16(22)20-9-7-18(8-10-20)12-14(21)19-5-2-1-3-6-19/h4,11H,1-3,5-10,12,17H2. The molecule has 7 heteroatoms. The first-order chi connectivity index (χ1) is 11.1. The lowest BCUT2D eigenvalue weighted by molar-refractivity contribution is -0.133. The SMILES string of the molecule is Nc1ccsc1C(=O)N1CCN(CC(=O)N2CCCCC2)CC1. The third-order valence-electron chi connectivity index (χ3n) is 4.62. The van der Waals surface area contributed by atoms with Gasteiger partial charge in [-0.25, -0.2) is 0 Å².